The van der Waals surface area contributed by atoms with Crippen LogP contribution in [-0.2, 0) is 19.1 Å². The molecule has 77 heavy (non-hydrogen) atoms. The van der Waals surface area contributed by atoms with Crippen molar-refractivity contribution in [3.63, 3.8) is 0 Å². The van der Waals surface area contributed by atoms with Crippen molar-refractivity contribution in [1.29, 1.82) is 0 Å². The standard InChI is InChI=1S/C56H68F2N12O6S/c1-30-24-68(42(30)28-76-55-66-47-39(52(67-55)69-25-36-15-16-37(26-69)63-36)23-60-49(46(47)58)48-45-35(21-43(59)64-48)9-7-10-40(45)57)18-8-19-75-20-17-44(72)65-51(56(4,5)6)54(74)70-27-38(71)22-41(70)53(73)62-31(2)33-11-13-34(14-12-33)50-32(3)61-29-77-50/h7,9-14,21,23,29-31,36-38,41-42,51,63,71H,8,15-20,22,24-28H2,1-6H3,(H2,59,64)(H,62,73)(H,65,72)/t30-,31+,36?,37?,38-,41+,42-,51-/m1/s1. The van der Waals surface area contributed by atoms with Crippen molar-refractivity contribution in [3.8, 4) is 27.8 Å². The van der Waals surface area contributed by atoms with Gasteiger partial charge in [-0.2, -0.15) is 9.97 Å². The molecular weight excluding hydrogens is 1010 g/mol. The molecule has 4 aliphatic rings. The van der Waals surface area contributed by atoms with Gasteiger partial charge in [0.2, 0.25) is 17.7 Å². The molecule has 2 aromatic carbocycles. The molecule has 18 nitrogen and oxygen atoms in total. The average Bonchev–Trinajstić information content (AvgIpc) is 4.13. The molecule has 10 rings (SSSR count). The SMILES string of the molecule is Cc1ncsc1-c1ccc([C@H](C)NC(=O)[C@@H]2C[C@@H](O)CN2C(=O)[C@@H](NC(=O)CCOCCCN2C[C@@H](C)[C@H]2COc2nc(N3CC4CCC(C3)N4)c3cnc(-c4nc(N)cc5cccc(F)c45)c(F)c3n2)C(C)(C)C)cc1. The fraction of sp³-hybridized carbons (Fsp3) is 0.500. The number of aromatic nitrogens is 5. The molecule has 408 valence electrons. The van der Waals surface area contributed by atoms with Gasteiger partial charge in [-0.25, -0.2) is 18.7 Å². The maximum atomic E-state index is 16.9. The number of hydrogen-bond acceptors (Lipinski definition) is 16. The first-order chi connectivity index (χ1) is 36.9. The van der Waals surface area contributed by atoms with Crippen molar-refractivity contribution in [3.05, 3.63) is 83.1 Å². The number of fused-ring (bicyclic) bond motifs is 4. The minimum Gasteiger partial charge on any atom is -0.462 e. The van der Waals surface area contributed by atoms with Gasteiger partial charge in [-0.15, -0.1) is 11.3 Å². The third kappa shape index (κ3) is 11.6. The van der Waals surface area contributed by atoms with Crippen LogP contribution in [-0.4, -0.2) is 146 Å². The summed E-state index contributed by atoms with van der Waals surface area (Å²) in [6, 6.07) is 12.4. The summed E-state index contributed by atoms with van der Waals surface area (Å²) in [4.78, 5) is 71.0. The Bertz CT molecular complexity index is 3150. The first-order valence-electron chi connectivity index (χ1n) is 26.7. The second kappa shape index (κ2) is 22.4. The van der Waals surface area contributed by atoms with E-state index in [-0.39, 0.29) is 103 Å². The van der Waals surface area contributed by atoms with Crippen LogP contribution < -0.4 is 31.3 Å². The number of nitrogen functional groups attached to an aromatic ring is 1. The Morgan fingerprint density at radius 2 is 1.74 bits per heavy atom. The maximum Gasteiger partial charge on any atom is 0.319 e. The molecule has 6 N–H and O–H groups in total. The first kappa shape index (κ1) is 53.9. The third-order valence-electron chi connectivity index (χ3n) is 15.5. The molecule has 4 fully saturated rings. The summed E-state index contributed by atoms with van der Waals surface area (Å²) in [7, 11) is 0. The van der Waals surface area contributed by atoms with Crippen molar-refractivity contribution >= 4 is 62.4 Å². The summed E-state index contributed by atoms with van der Waals surface area (Å²) in [6.45, 7) is 15.2. The van der Waals surface area contributed by atoms with Gasteiger partial charge in [-0.3, -0.25) is 24.3 Å². The Morgan fingerprint density at radius 1 is 0.974 bits per heavy atom. The number of anilines is 2. The molecule has 8 atom stereocenters. The largest absolute Gasteiger partial charge is 0.462 e. The van der Waals surface area contributed by atoms with E-state index in [1.807, 2.05) is 64.4 Å². The highest BCUT2D eigenvalue weighted by atomic mass is 32.1. The lowest BCUT2D eigenvalue weighted by atomic mass is 9.85. The van der Waals surface area contributed by atoms with E-state index in [1.165, 1.54) is 23.2 Å². The number of rotatable bonds is 18. The Morgan fingerprint density at radius 3 is 2.45 bits per heavy atom. The van der Waals surface area contributed by atoms with E-state index in [2.05, 4.69) is 52.6 Å². The summed E-state index contributed by atoms with van der Waals surface area (Å²) in [6.07, 6.45) is 3.48. The van der Waals surface area contributed by atoms with Crippen molar-refractivity contribution < 1.29 is 37.7 Å². The Balaban J connectivity index is 0.724. The molecule has 0 radical (unpaired) electrons. The molecule has 3 amide bonds. The van der Waals surface area contributed by atoms with Gasteiger partial charge in [-0.1, -0.05) is 64.1 Å². The zero-order valence-corrected chi connectivity index (χ0v) is 45.2. The molecule has 2 bridgehead atoms. The van der Waals surface area contributed by atoms with Crippen LogP contribution in [0.15, 0.2) is 60.2 Å². The molecule has 2 unspecified atom stereocenters. The monoisotopic (exact) mass is 1070 g/mol. The maximum absolute atomic E-state index is 16.9. The predicted octanol–water partition coefficient (Wildman–Crippen LogP) is 6.34. The van der Waals surface area contributed by atoms with Gasteiger partial charge in [0.25, 0.3) is 0 Å². The third-order valence-corrected chi connectivity index (χ3v) is 16.5. The summed E-state index contributed by atoms with van der Waals surface area (Å²) in [5.74, 6) is -1.60. The Labute approximate surface area is 450 Å². The van der Waals surface area contributed by atoms with Crippen LogP contribution in [0.5, 0.6) is 6.01 Å². The number of hydrogen-bond donors (Lipinski definition) is 5. The van der Waals surface area contributed by atoms with Crippen LogP contribution in [0.3, 0.4) is 0 Å². The number of ether oxygens (including phenoxy) is 2. The number of aliphatic hydroxyl groups is 1. The number of thiazole rings is 1. The molecule has 0 aliphatic carbocycles. The first-order valence-corrected chi connectivity index (χ1v) is 27.5. The van der Waals surface area contributed by atoms with Crippen molar-refractivity contribution in [2.24, 2.45) is 11.3 Å². The normalized spacial score (nSPS) is 22.3. The van der Waals surface area contributed by atoms with E-state index in [4.69, 9.17) is 20.2 Å². The van der Waals surface area contributed by atoms with Crippen LogP contribution in [0.2, 0.25) is 0 Å². The van der Waals surface area contributed by atoms with E-state index in [9.17, 15) is 19.5 Å². The molecule has 4 saturated heterocycles. The number of aliphatic hydroxyl groups excluding tert-OH is 1. The molecule has 0 saturated carbocycles. The average molecular weight is 1080 g/mol. The number of nitrogens with one attached hydrogen (secondary N) is 3. The quantitative estimate of drug-likeness (QED) is 0.0593. The molecule has 4 aliphatic heterocycles. The summed E-state index contributed by atoms with van der Waals surface area (Å²) < 4.78 is 44.5. The molecule has 4 aromatic heterocycles. The van der Waals surface area contributed by atoms with Gasteiger partial charge in [0.1, 0.15) is 53.0 Å². The fourth-order valence-corrected chi connectivity index (χ4v) is 12.2. The highest BCUT2D eigenvalue weighted by molar-refractivity contribution is 7.13. The Kier molecular flexibility index (Phi) is 15.7. The topological polar surface area (TPSA) is 226 Å². The van der Waals surface area contributed by atoms with Crippen LogP contribution in [0.4, 0.5) is 20.4 Å². The van der Waals surface area contributed by atoms with Gasteiger partial charge >= 0.3 is 6.01 Å². The Hall–Kier alpha value is -6.52. The second-order valence-electron chi connectivity index (χ2n) is 22.2. The molecular formula is C56H68F2N12O6S. The summed E-state index contributed by atoms with van der Waals surface area (Å²) >= 11 is 1.57. The van der Waals surface area contributed by atoms with Crippen molar-refractivity contribution in [2.75, 3.05) is 63.2 Å². The van der Waals surface area contributed by atoms with Crippen LogP contribution >= 0.6 is 11.3 Å². The number of pyridine rings is 2. The number of amides is 3. The number of carbonyl (C=O) groups excluding carboxylic acids is 3. The highest BCUT2D eigenvalue weighted by Crippen LogP contribution is 2.38. The minimum absolute atomic E-state index is 0.00819. The van der Waals surface area contributed by atoms with Crippen molar-refractivity contribution in [1.82, 2.24) is 50.7 Å². The number of nitrogens with two attached hydrogens (primary N) is 1. The van der Waals surface area contributed by atoms with E-state index in [0.29, 0.717) is 55.2 Å². The number of β-amino-alcohol motifs (C(OH)–C–C–N with tert-alkyl or cyclic N) is 1. The summed E-state index contributed by atoms with van der Waals surface area (Å²) in [5.41, 5.74) is 9.92. The number of carbonyl (C=O) groups is 3. The predicted molar refractivity (Wildman–Crippen MR) is 291 cm³/mol. The molecule has 21 heteroatoms. The molecule has 0 spiro atoms. The molecule has 6 aromatic rings. The minimum atomic E-state index is -0.960. The lowest BCUT2D eigenvalue weighted by Crippen LogP contribution is -2.58. The van der Waals surface area contributed by atoms with Gasteiger partial charge < -0.3 is 46.1 Å². The molecule has 8 heterocycles. The van der Waals surface area contributed by atoms with Gasteiger partial charge in [0.15, 0.2) is 5.82 Å². The van der Waals surface area contributed by atoms with Gasteiger partial charge in [0, 0.05) is 81.9 Å². The smallest absolute Gasteiger partial charge is 0.319 e. The zero-order chi connectivity index (χ0) is 54.3. The van der Waals surface area contributed by atoms with Crippen LogP contribution in [0.1, 0.15) is 84.0 Å². The lowest BCUT2D eigenvalue weighted by Gasteiger charge is -2.46. The van der Waals surface area contributed by atoms with E-state index in [0.717, 1.165) is 41.1 Å². The van der Waals surface area contributed by atoms with E-state index < -0.39 is 41.1 Å². The second-order valence-corrected chi connectivity index (χ2v) is 23.1. The highest BCUT2D eigenvalue weighted by Gasteiger charge is 2.45. The van der Waals surface area contributed by atoms with Gasteiger partial charge in [-0.05, 0) is 73.1 Å². The van der Waals surface area contributed by atoms with E-state index in [1.54, 1.807) is 23.5 Å². The zero-order valence-electron chi connectivity index (χ0n) is 44.4. The number of benzene rings is 2. The number of nitrogens with zero attached hydrogens (tertiary/aromatic N) is 8. The summed E-state index contributed by atoms with van der Waals surface area (Å²) in [5, 5.41) is 21.3. The lowest BCUT2D eigenvalue weighted by molar-refractivity contribution is -0.144. The number of likely N-dealkylation sites (tertiary alicyclic amines) is 2. The number of halogens is 2. The van der Waals surface area contributed by atoms with Crippen LogP contribution in [0, 0.1) is 29.9 Å². The van der Waals surface area contributed by atoms with Gasteiger partial charge in [0.05, 0.1) is 40.2 Å². The number of aryl methyl sites for hydroxylation is 1. The fourth-order valence-electron chi connectivity index (χ4n) is 11.3. The van der Waals surface area contributed by atoms with E-state index >= 15 is 8.78 Å². The van der Waals surface area contributed by atoms with Crippen molar-refractivity contribution in [2.45, 2.75) is 116 Å². The number of piperazine rings is 1. The van der Waals surface area contributed by atoms with Crippen LogP contribution in [0.25, 0.3) is 43.5 Å².